The summed E-state index contributed by atoms with van der Waals surface area (Å²) in [5, 5.41) is 7.07. The number of rotatable bonds is 6. The zero-order valence-electron chi connectivity index (χ0n) is 19.4. The number of benzene rings is 1. The van der Waals surface area contributed by atoms with Gasteiger partial charge in [0.2, 0.25) is 11.1 Å². The Kier molecular flexibility index (Phi) is 11.0. The van der Waals surface area contributed by atoms with Crippen molar-refractivity contribution in [2.45, 2.75) is 31.5 Å². The Morgan fingerprint density at radius 2 is 1.83 bits per heavy atom. The van der Waals surface area contributed by atoms with Gasteiger partial charge in [-0.1, -0.05) is 55.8 Å². The van der Waals surface area contributed by atoms with Crippen LogP contribution in [0.1, 0.15) is 30.4 Å². The molecule has 1 aromatic carbocycles. The van der Waals surface area contributed by atoms with Gasteiger partial charge in [0, 0.05) is 16.8 Å². The Morgan fingerprint density at radius 1 is 1.17 bits per heavy atom. The first-order valence-corrected chi connectivity index (χ1v) is 14.7. The SMILES string of the molecule is CSc1nc(-c2cccc(NC(=O)CBr)c2)c2c(N)c(C(=O)NC(C)(C)C)sc2n1.O=C(Cl)CBr. The first-order chi connectivity index (χ1) is 16.4. The van der Waals surface area contributed by atoms with Gasteiger partial charge in [0.1, 0.15) is 9.71 Å². The molecular formula is C22H24Br2ClN5O3S2. The summed E-state index contributed by atoms with van der Waals surface area (Å²) >= 11 is 13.4. The topological polar surface area (TPSA) is 127 Å². The molecular weight excluding hydrogens is 642 g/mol. The number of fused-ring (bicyclic) bond motifs is 1. The van der Waals surface area contributed by atoms with Gasteiger partial charge < -0.3 is 16.4 Å². The second-order valence-corrected chi connectivity index (χ2v) is 11.4. The monoisotopic (exact) mass is 663 g/mol. The van der Waals surface area contributed by atoms with Crippen LogP contribution >= 0.6 is 66.6 Å². The standard InChI is InChI=1S/C20H22BrN5O2S2.C2H2BrClO/c1-20(2,3)26-17(28)16-14(22)13-15(24-19(29-4)25-18(13)30-16)10-6-5-7-11(8-10)23-12(27)9-21;3-1-2(4)5/h5-8H,9,22H2,1-4H3,(H,23,27)(H,26,28);1H2. The molecule has 3 rings (SSSR count). The Bertz CT molecular complexity index is 1250. The highest BCUT2D eigenvalue weighted by Crippen LogP contribution is 2.39. The van der Waals surface area contributed by atoms with E-state index in [1.54, 1.807) is 6.07 Å². The second-order valence-electron chi connectivity index (χ2n) is 8.04. The minimum Gasteiger partial charge on any atom is -0.397 e. The predicted molar refractivity (Wildman–Crippen MR) is 153 cm³/mol. The highest BCUT2D eigenvalue weighted by molar-refractivity contribution is 9.09. The van der Waals surface area contributed by atoms with Crippen LogP contribution in [0.5, 0.6) is 0 Å². The van der Waals surface area contributed by atoms with Crippen LogP contribution in [0.15, 0.2) is 29.4 Å². The lowest BCUT2D eigenvalue weighted by molar-refractivity contribution is -0.113. The van der Waals surface area contributed by atoms with Crippen LogP contribution in [0.3, 0.4) is 0 Å². The maximum Gasteiger partial charge on any atom is 0.263 e. The van der Waals surface area contributed by atoms with E-state index in [0.717, 1.165) is 5.56 Å². The fraction of sp³-hybridized carbons (Fsp3) is 0.318. The van der Waals surface area contributed by atoms with Crippen molar-refractivity contribution in [3.05, 3.63) is 29.1 Å². The Balaban J connectivity index is 0.000000784. The van der Waals surface area contributed by atoms with Gasteiger partial charge >= 0.3 is 0 Å². The maximum absolute atomic E-state index is 12.8. The molecule has 188 valence electrons. The normalized spacial score (nSPS) is 10.9. The van der Waals surface area contributed by atoms with Crippen LogP contribution in [-0.4, -0.2) is 49.5 Å². The van der Waals surface area contributed by atoms with Gasteiger partial charge in [0.25, 0.3) is 5.91 Å². The molecule has 0 spiro atoms. The highest BCUT2D eigenvalue weighted by atomic mass is 79.9. The number of anilines is 2. The van der Waals surface area contributed by atoms with Crippen molar-refractivity contribution < 1.29 is 14.4 Å². The number of nitrogen functional groups attached to an aromatic ring is 1. The fourth-order valence-corrected chi connectivity index (χ4v) is 4.36. The molecule has 4 N–H and O–H groups in total. The quantitative estimate of drug-likeness (QED) is 0.134. The Morgan fingerprint density at radius 3 is 2.37 bits per heavy atom. The van der Waals surface area contributed by atoms with Gasteiger partial charge in [-0.3, -0.25) is 14.4 Å². The molecule has 0 saturated carbocycles. The molecule has 0 aliphatic heterocycles. The fourth-order valence-electron chi connectivity index (χ4n) is 2.81. The number of nitrogens with zero attached hydrogens (tertiary/aromatic N) is 2. The van der Waals surface area contributed by atoms with Gasteiger partial charge in [-0.2, -0.15) is 0 Å². The molecule has 0 atom stereocenters. The van der Waals surface area contributed by atoms with Crippen molar-refractivity contribution in [2.24, 2.45) is 0 Å². The van der Waals surface area contributed by atoms with Crippen LogP contribution < -0.4 is 16.4 Å². The number of aromatic nitrogens is 2. The van der Waals surface area contributed by atoms with E-state index < -0.39 is 0 Å². The number of hydrogen-bond donors (Lipinski definition) is 3. The molecule has 2 amide bonds. The van der Waals surface area contributed by atoms with E-state index in [2.05, 4.69) is 52.5 Å². The number of carbonyl (C=O) groups excluding carboxylic acids is 3. The maximum atomic E-state index is 12.8. The van der Waals surface area contributed by atoms with Crippen LogP contribution in [0.4, 0.5) is 11.4 Å². The summed E-state index contributed by atoms with van der Waals surface area (Å²) in [7, 11) is 0. The molecule has 13 heteroatoms. The van der Waals surface area contributed by atoms with Crippen molar-refractivity contribution in [1.29, 1.82) is 0 Å². The van der Waals surface area contributed by atoms with Gasteiger partial charge in [0.15, 0.2) is 5.16 Å². The number of thioether (sulfide) groups is 1. The van der Waals surface area contributed by atoms with E-state index in [-0.39, 0.29) is 33.3 Å². The molecule has 0 saturated heterocycles. The molecule has 35 heavy (non-hydrogen) atoms. The van der Waals surface area contributed by atoms with Gasteiger partial charge in [-0.05, 0) is 50.8 Å². The lowest BCUT2D eigenvalue weighted by Crippen LogP contribution is -2.40. The van der Waals surface area contributed by atoms with E-state index >= 15 is 0 Å². The first-order valence-electron chi connectivity index (χ1n) is 10.1. The average molecular weight is 666 g/mol. The van der Waals surface area contributed by atoms with Crippen molar-refractivity contribution in [1.82, 2.24) is 15.3 Å². The van der Waals surface area contributed by atoms with Crippen LogP contribution in [0.25, 0.3) is 21.5 Å². The number of halogens is 3. The third-order valence-corrected chi connectivity index (χ3v) is 7.21. The zero-order chi connectivity index (χ0) is 26.3. The zero-order valence-corrected chi connectivity index (χ0v) is 24.9. The summed E-state index contributed by atoms with van der Waals surface area (Å²) in [5.74, 6) is -0.390. The summed E-state index contributed by atoms with van der Waals surface area (Å²) < 4.78 is 0. The molecule has 8 nitrogen and oxygen atoms in total. The average Bonchev–Trinajstić information content (AvgIpc) is 3.14. The first kappa shape index (κ1) is 29.5. The smallest absolute Gasteiger partial charge is 0.263 e. The number of hydrogen-bond acceptors (Lipinski definition) is 8. The summed E-state index contributed by atoms with van der Waals surface area (Å²) in [6, 6.07) is 7.36. The van der Waals surface area contributed by atoms with Gasteiger partial charge in [-0.25, -0.2) is 9.97 Å². The van der Waals surface area contributed by atoms with E-state index in [4.69, 9.17) is 17.3 Å². The van der Waals surface area contributed by atoms with Gasteiger partial charge in [-0.15, -0.1) is 11.3 Å². The summed E-state index contributed by atoms with van der Waals surface area (Å²) in [4.78, 5) is 44.3. The van der Waals surface area contributed by atoms with Crippen LogP contribution in [0, 0.1) is 0 Å². The third-order valence-electron chi connectivity index (χ3n) is 4.09. The van der Waals surface area contributed by atoms with E-state index in [1.807, 2.05) is 45.2 Å². The second kappa shape index (κ2) is 13.0. The van der Waals surface area contributed by atoms with E-state index in [9.17, 15) is 14.4 Å². The van der Waals surface area contributed by atoms with Crippen molar-refractivity contribution >= 4 is 105 Å². The van der Waals surface area contributed by atoms with Crippen molar-refractivity contribution in [3.63, 3.8) is 0 Å². The Hall–Kier alpha value is -1.73. The predicted octanol–water partition coefficient (Wildman–Crippen LogP) is 5.67. The van der Waals surface area contributed by atoms with Crippen LogP contribution in [0.2, 0.25) is 0 Å². The largest absolute Gasteiger partial charge is 0.397 e. The van der Waals surface area contributed by atoms with E-state index in [1.165, 1.54) is 23.1 Å². The molecule has 0 radical (unpaired) electrons. The minimum atomic E-state index is -0.388. The molecule has 0 aliphatic carbocycles. The lowest BCUT2D eigenvalue weighted by Gasteiger charge is -2.20. The molecule has 0 bridgehead atoms. The number of thiophene rings is 1. The Labute approximate surface area is 233 Å². The van der Waals surface area contributed by atoms with Gasteiger partial charge in [0.05, 0.1) is 27.4 Å². The molecule has 3 aromatic rings. The summed E-state index contributed by atoms with van der Waals surface area (Å²) in [6.45, 7) is 5.74. The number of carbonyl (C=O) groups is 3. The van der Waals surface area contributed by atoms with E-state index in [0.29, 0.717) is 37.3 Å². The number of alkyl halides is 2. The molecule has 2 heterocycles. The van der Waals surface area contributed by atoms with Crippen molar-refractivity contribution in [2.75, 3.05) is 28.0 Å². The number of nitrogens with two attached hydrogens (primary N) is 1. The number of nitrogens with one attached hydrogen (secondary N) is 2. The molecule has 0 unspecified atom stereocenters. The molecule has 0 aliphatic rings. The summed E-state index contributed by atoms with van der Waals surface area (Å²) in [5.41, 5.74) is 8.43. The molecule has 0 fully saturated rings. The van der Waals surface area contributed by atoms with Crippen molar-refractivity contribution in [3.8, 4) is 11.3 Å². The number of amides is 2. The highest BCUT2D eigenvalue weighted by Gasteiger charge is 2.24. The lowest BCUT2D eigenvalue weighted by atomic mass is 10.1. The summed E-state index contributed by atoms with van der Waals surface area (Å²) in [6.07, 6.45) is 1.89. The van der Waals surface area contributed by atoms with Crippen LogP contribution in [-0.2, 0) is 9.59 Å². The third kappa shape index (κ3) is 8.42. The minimum absolute atomic E-state index is 0.152. The molecule has 2 aromatic heterocycles.